The second-order valence-electron chi connectivity index (χ2n) is 3.74. The lowest BCUT2D eigenvalue weighted by molar-refractivity contribution is 0.103. The minimum absolute atomic E-state index is 0.0230. The minimum atomic E-state index is 0.0230. The van der Waals surface area contributed by atoms with Crippen molar-refractivity contribution >= 4 is 21.7 Å². The summed E-state index contributed by atoms with van der Waals surface area (Å²) in [5, 5.41) is 0. The Morgan fingerprint density at radius 1 is 1.06 bits per heavy atom. The number of nitrogens with two attached hydrogens (primary N) is 1. The van der Waals surface area contributed by atoms with Crippen LogP contribution < -0.4 is 5.73 Å². The summed E-state index contributed by atoms with van der Waals surface area (Å²) in [5.74, 6) is 0.0230. The minimum Gasteiger partial charge on any atom is -0.326 e. The number of benzene rings is 2. The Bertz CT molecular complexity index is 534. The van der Waals surface area contributed by atoms with Crippen LogP contribution in [0.2, 0.25) is 0 Å². The van der Waals surface area contributed by atoms with Gasteiger partial charge in [-0.05, 0) is 17.7 Å². The molecule has 0 aliphatic carbocycles. The summed E-state index contributed by atoms with van der Waals surface area (Å²) in [4.78, 5) is 12.1. The van der Waals surface area contributed by atoms with E-state index < -0.39 is 0 Å². The van der Waals surface area contributed by atoms with E-state index in [1.165, 1.54) is 0 Å². The summed E-state index contributed by atoms with van der Waals surface area (Å²) in [6.45, 7) is 0.491. The number of carbonyl (C=O) groups is 1. The van der Waals surface area contributed by atoms with Gasteiger partial charge in [-0.15, -0.1) is 0 Å². The van der Waals surface area contributed by atoms with Crippen molar-refractivity contribution in [2.75, 3.05) is 0 Å². The zero-order valence-corrected chi connectivity index (χ0v) is 10.8. The first kappa shape index (κ1) is 12.0. The molecule has 0 saturated heterocycles. The summed E-state index contributed by atoms with van der Waals surface area (Å²) >= 11 is 3.36. The molecule has 17 heavy (non-hydrogen) atoms. The molecule has 2 N–H and O–H groups in total. The third-order valence-electron chi connectivity index (χ3n) is 2.54. The molecule has 2 nitrogen and oxygen atoms in total. The lowest BCUT2D eigenvalue weighted by atomic mass is 10.0. The van der Waals surface area contributed by atoms with E-state index in [-0.39, 0.29) is 5.78 Å². The highest BCUT2D eigenvalue weighted by atomic mass is 79.9. The number of ketones is 1. The smallest absolute Gasteiger partial charge is 0.193 e. The second-order valence-corrected chi connectivity index (χ2v) is 4.66. The molecular weight excluding hydrogens is 278 g/mol. The summed E-state index contributed by atoms with van der Waals surface area (Å²) in [6.07, 6.45) is 0. The molecule has 0 atom stereocenters. The van der Waals surface area contributed by atoms with E-state index in [0.29, 0.717) is 17.7 Å². The van der Waals surface area contributed by atoms with Crippen LogP contribution >= 0.6 is 15.9 Å². The first-order valence-electron chi connectivity index (χ1n) is 5.30. The van der Waals surface area contributed by atoms with Gasteiger partial charge in [0.15, 0.2) is 5.78 Å². The zero-order valence-electron chi connectivity index (χ0n) is 9.19. The SMILES string of the molecule is NCc1ccc(C(=O)c2cccc(Br)c2)cc1. The normalized spacial score (nSPS) is 10.2. The van der Waals surface area contributed by atoms with Gasteiger partial charge in [-0.3, -0.25) is 4.79 Å². The van der Waals surface area contributed by atoms with Crippen LogP contribution in [-0.2, 0) is 6.54 Å². The lowest BCUT2D eigenvalue weighted by Crippen LogP contribution is -2.02. The third kappa shape index (κ3) is 2.81. The number of rotatable bonds is 3. The zero-order chi connectivity index (χ0) is 12.3. The van der Waals surface area contributed by atoms with Gasteiger partial charge in [0.2, 0.25) is 0 Å². The number of hydrogen-bond donors (Lipinski definition) is 1. The maximum absolute atomic E-state index is 12.1. The Kier molecular flexibility index (Phi) is 3.71. The fraction of sp³-hybridized carbons (Fsp3) is 0.0714. The molecular formula is C14H12BrNO. The highest BCUT2D eigenvalue weighted by Gasteiger charge is 2.08. The number of hydrogen-bond acceptors (Lipinski definition) is 2. The molecule has 3 heteroatoms. The van der Waals surface area contributed by atoms with Gasteiger partial charge in [0.05, 0.1) is 0 Å². The molecule has 86 valence electrons. The van der Waals surface area contributed by atoms with Crippen molar-refractivity contribution in [2.45, 2.75) is 6.54 Å². The van der Waals surface area contributed by atoms with Crippen molar-refractivity contribution in [1.29, 1.82) is 0 Å². The number of halogens is 1. The molecule has 0 aliphatic heterocycles. The van der Waals surface area contributed by atoms with Gasteiger partial charge in [-0.1, -0.05) is 52.3 Å². The molecule has 2 rings (SSSR count). The van der Waals surface area contributed by atoms with Gasteiger partial charge >= 0.3 is 0 Å². The van der Waals surface area contributed by atoms with E-state index in [1.807, 2.05) is 48.5 Å². The fourth-order valence-corrected chi connectivity index (χ4v) is 1.99. The average molecular weight is 290 g/mol. The quantitative estimate of drug-likeness (QED) is 0.882. The van der Waals surface area contributed by atoms with Crippen LogP contribution in [0.25, 0.3) is 0 Å². The molecule has 0 amide bonds. The Balaban J connectivity index is 2.30. The van der Waals surface area contributed by atoms with Crippen LogP contribution in [0.3, 0.4) is 0 Å². The van der Waals surface area contributed by atoms with E-state index in [9.17, 15) is 4.79 Å². The van der Waals surface area contributed by atoms with Crippen molar-refractivity contribution in [2.24, 2.45) is 5.73 Å². The Labute approximate surface area is 109 Å². The van der Waals surface area contributed by atoms with Crippen LogP contribution in [0.1, 0.15) is 21.5 Å². The predicted octanol–water partition coefficient (Wildman–Crippen LogP) is 3.14. The van der Waals surface area contributed by atoms with Crippen LogP contribution in [0.4, 0.5) is 0 Å². The van der Waals surface area contributed by atoms with Crippen molar-refractivity contribution in [1.82, 2.24) is 0 Å². The highest BCUT2D eigenvalue weighted by molar-refractivity contribution is 9.10. The second kappa shape index (κ2) is 5.25. The lowest BCUT2D eigenvalue weighted by Gasteiger charge is -2.03. The molecule has 0 fully saturated rings. The number of carbonyl (C=O) groups excluding carboxylic acids is 1. The molecule has 0 saturated carbocycles. The fourth-order valence-electron chi connectivity index (χ4n) is 1.59. The van der Waals surface area contributed by atoms with E-state index >= 15 is 0 Å². The summed E-state index contributed by atoms with van der Waals surface area (Å²) in [5.41, 5.74) is 7.90. The molecule has 0 spiro atoms. The average Bonchev–Trinajstić information content (AvgIpc) is 2.38. The van der Waals surface area contributed by atoms with Crippen LogP contribution in [0.5, 0.6) is 0 Å². The van der Waals surface area contributed by atoms with Gasteiger partial charge in [-0.2, -0.15) is 0 Å². The predicted molar refractivity (Wildman–Crippen MR) is 71.9 cm³/mol. The summed E-state index contributed by atoms with van der Waals surface area (Å²) in [6, 6.07) is 14.8. The maximum Gasteiger partial charge on any atom is 0.193 e. The summed E-state index contributed by atoms with van der Waals surface area (Å²) < 4.78 is 0.905. The standard InChI is InChI=1S/C14H12BrNO/c15-13-3-1-2-12(8-13)14(17)11-6-4-10(9-16)5-7-11/h1-8H,9,16H2. The highest BCUT2D eigenvalue weighted by Crippen LogP contribution is 2.15. The van der Waals surface area contributed by atoms with Gasteiger partial charge in [0.25, 0.3) is 0 Å². The van der Waals surface area contributed by atoms with Gasteiger partial charge < -0.3 is 5.73 Å². The van der Waals surface area contributed by atoms with E-state index in [2.05, 4.69) is 15.9 Å². The van der Waals surface area contributed by atoms with E-state index in [1.54, 1.807) is 0 Å². The molecule has 0 unspecified atom stereocenters. The molecule has 0 bridgehead atoms. The van der Waals surface area contributed by atoms with Crippen molar-refractivity contribution < 1.29 is 4.79 Å². The van der Waals surface area contributed by atoms with Crippen molar-refractivity contribution in [3.63, 3.8) is 0 Å². The monoisotopic (exact) mass is 289 g/mol. The van der Waals surface area contributed by atoms with E-state index in [4.69, 9.17) is 5.73 Å². The topological polar surface area (TPSA) is 43.1 Å². The Morgan fingerprint density at radius 2 is 1.76 bits per heavy atom. The molecule has 0 radical (unpaired) electrons. The molecule has 2 aromatic rings. The van der Waals surface area contributed by atoms with Crippen LogP contribution in [0.15, 0.2) is 53.0 Å². The largest absolute Gasteiger partial charge is 0.326 e. The first-order valence-corrected chi connectivity index (χ1v) is 6.09. The first-order chi connectivity index (χ1) is 8.20. The van der Waals surface area contributed by atoms with Crippen LogP contribution in [0, 0.1) is 0 Å². The maximum atomic E-state index is 12.1. The summed E-state index contributed by atoms with van der Waals surface area (Å²) in [7, 11) is 0. The molecule has 0 aromatic heterocycles. The third-order valence-corrected chi connectivity index (χ3v) is 3.03. The molecule has 0 aliphatic rings. The van der Waals surface area contributed by atoms with Crippen molar-refractivity contribution in [3.8, 4) is 0 Å². The van der Waals surface area contributed by atoms with Crippen molar-refractivity contribution in [3.05, 3.63) is 69.7 Å². The van der Waals surface area contributed by atoms with Gasteiger partial charge in [-0.25, -0.2) is 0 Å². The van der Waals surface area contributed by atoms with Gasteiger partial charge in [0.1, 0.15) is 0 Å². The Hall–Kier alpha value is -1.45. The van der Waals surface area contributed by atoms with Crippen LogP contribution in [-0.4, -0.2) is 5.78 Å². The van der Waals surface area contributed by atoms with Gasteiger partial charge in [0, 0.05) is 22.1 Å². The molecule has 0 heterocycles. The molecule has 2 aromatic carbocycles. The van der Waals surface area contributed by atoms with E-state index in [0.717, 1.165) is 10.0 Å². The Morgan fingerprint density at radius 3 is 2.35 bits per heavy atom.